The number of amides is 2. The van der Waals surface area contributed by atoms with Crippen molar-refractivity contribution in [2.45, 2.75) is 0 Å². The molecule has 0 saturated carbocycles. The molecule has 0 fully saturated rings. The molecule has 16 heavy (non-hydrogen) atoms. The molecule has 86 valence electrons. The normalized spacial score (nSPS) is 9.62. The molecule has 6 heteroatoms. The summed E-state index contributed by atoms with van der Waals surface area (Å²) in [6, 6.07) is 6.89. The van der Waals surface area contributed by atoms with Crippen molar-refractivity contribution in [2.75, 3.05) is 18.5 Å². The Balaban J connectivity index is 2.54. The molecule has 0 aliphatic heterocycles. The van der Waals surface area contributed by atoms with E-state index in [0.29, 0.717) is 5.69 Å². The third kappa shape index (κ3) is 4.00. The highest BCUT2D eigenvalue weighted by Crippen LogP contribution is 2.15. The smallest absolute Gasteiger partial charge is 0.313 e. The molecular formula is C10H11BrN2O3. The van der Waals surface area contributed by atoms with Gasteiger partial charge in [-0.05, 0) is 18.2 Å². The number of hydrogen-bond donors (Lipinski definition) is 3. The second kappa shape index (κ2) is 6.24. The van der Waals surface area contributed by atoms with E-state index in [2.05, 4.69) is 26.6 Å². The molecular weight excluding hydrogens is 276 g/mol. The van der Waals surface area contributed by atoms with Crippen LogP contribution in [0, 0.1) is 0 Å². The first kappa shape index (κ1) is 12.7. The fourth-order valence-corrected chi connectivity index (χ4v) is 1.40. The molecule has 0 atom stereocenters. The minimum atomic E-state index is -0.769. The quantitative estimate of drug-likeness (QED) is 0.708. The number of hydrogen-bond acceptors (Lipinski definition) is 3. The first-order valence-corrected chi connectivity index (χ1v) is 5.38. The average molecular weight is 287 g/mol. The van der Waals surface area contributed by atoms with Crippen molar-refractivity contribution in [1.29, 1.82) is 0 Å². The molecule has 0 spiro atoms. The average Bonchev–Trinajstić information content (AvgIpc) is 2.25. The lowest BCUT2D eigenvalue weighted by atomic mass is 10.3. The van der Waals surface area contributed by atoms with Gasteiger partial charge in [-0.3, -0.25) is 9.59 Å². The molecule has 0 heterocycles. The zero-order valence-corrected chi connectivity index (χ0v) is 9.95. The van der Waals surface area contributed by atoms with Crippen molar-refractivity contribution >= 4 is 33.4 Å². The molecule has 0 aromatic heterocycles. The third-order valence-electron chi connectivity index (χ3n) is 1.69. The Morgan fingerprint density at radius 3 is 2.69 bits per heavy atom. The van der Waals surface area contributed by atoms with Crippen LogP contribution in [0.4, 0.5) is 5.69 Å². The fraction of sp³-hybridized carbons (Fsp3) is 0.200. The minimum Gasteiger partial charge on any atom is -0.395 e. The zero-order valence-electron chi connectivity index (χ0n) is 8.37. The first-order chi connectivity index (χ1) is 7.63. The van der Waals surface area contributed by atoms with E-state index in [0.717, 1.165) is 4.47 Å². The lowest BCUT2D eigenvalue weighted by molar-refractivity contribution is -0.136. The maximum atomic E-state index is 11.3. The molecule has 0 saturated heterocycles. The summed E-state index contributed by atoms with van der Waals surface area (Å²) >= 11 is 3.25. The Morgan fingerprint density at radius 1 is 1.31 bits per heavy atom. The van der Waals surface area contributed by atoms with Gasteiger partial charge in [0.2, 0.25) is 0 Å². The van der Waals surface area contributed by atoms with Crippen LogP contribution in [-0.2, 0) is 9.59 Å². The third-order valence-corrected chi connectivity index (χ3v) is 2.18. The fourth-order valence-electron chi connectivity index (χ4n) is 1.00. The summed E-state index contributed by atoms with van der Waals surface area (Å²) in [5.74, 6) is -1.53. The van der Waals surface area contributed by atoms with Crippen molar-refractivity contribution in [3.05, 3.63) is 28.7 Å². The summed E-state index contributed by atoms with van der Waals surface area (Å²) in [6.45, 7) is -0.138. The molecule has 0 aliphatic rings. The highest BCUT2D eigenvalue weighted by Gasteiger charge is 2.12. The number of benzene rings is 1. The molecule has 1 aromatic carbocycles. The summed E-state index contributed by atoms with van der Waals surface area (Å²) in [6.07, 6.45) is 0. The number of aliphatic hydroxyl groups is 1. The van der Waals surface area contributed by atoms with E-state index in [9.17, 15) is 9.59 Å². The molecule has 2 amide bonds. The predicted octanol–water partition coefficient (Wildman–Crippen LogP) is 0.496. The SMILES string of the molecule is O=C(NCCO)C(=O)Nc1cccc(Br)c1. The molecule has 3 N–H and O–H groups in total. The van der Waals surface area contributed by atoms with Crippen LogP contribution in [0.3, 0.4) is 0 Å². The van der Waals surface area contributed by atoms with Crippen molar-refractivity contribution in [1.82, 2.24) is 5.32 Å². The maximum Gasteiger partial charge on any atom is 0.313 e. The van der Waals surface area contributed by atoms with E-state index in [1.165, 1.54) is 0 Å². The lowest BCUT2D eigenvalue weighted by Gasteiger charge is -2.05. The summed E-state index contributed by atoms with van der Waals surface area (Å²) in [7, 11) is 0. The Labute approximate surface area is 101 Å². The molecule has 1 rings (SSSR count). The van der Waals surface area contributed by atoms with Crippen molar-refractivity contribution < 1.29 is 14.7 Å². The van der Waals surface area contributed by atoms with E-state index in [-0.39, 0.29) is 13.2 Å². The second-order valence-corrected chi connectivity index (χ2v) is 3.86. The number of halogens is 1. The van der Waals surface area contributed by atoms with Gasteiger partial charge in [-0.25, -0.2) is 0 Å². The van der Waals surface area contributed by atoms with Crippen LogP contribution in [0.15, 0.2) is 28.7 Å². The van der Waals surface area contributed by atoms with Crippen LogP contribution in [0.25, 0.3) is 0 Å². The van der Waals surface area contributed by atoms with Crippen LogP contribution in [0.1, 0.15) is 0 Å². The first-order valence-electron chi connectivity index (χ1n) is 4.59. The van der Waals surface area contributed by atoms with E-state index >= 15 is 0 Å². The number of aliphatic hydroxyl groups excluding tert-OH is 1. The van der Waals surface area contributed by atoms with Gasteiger partial charge in [-0.1, -0.05) is 22.0 Å². The standard InChI is InChI=1S/C10H11BrN2O3/c11-7-2-1-3-8(6-7)13-10(16)9(15)12-4-5-14/h1-3,6,14H,4-5H2,(H,12,15)(H,13,16). The number of rotatable bonds is 3. The molecule has 0 radical (unpaired) electrons. The topological polar surface area (TPSA) is 78.4 Å². The van der Waals surface area contributed by atoms with Crippen LogP contribution in [0.5, 0.6) is 0 Å². The second-order valence-electron chi connectivity index (χ2n) is 2.94. The predicted molar refractivity (Wildman–Crippen MR) is 62.9 cm³/mol. The van der Waals surface area contributed by atoms with Gasteiger partial charge in [0.15, 0.2) is 0 Å². The number of carbonyl (C=O) groups excluding carboxylic acids is 2. The van der Waals surface area contributed by atoms with Crippen LogP contribution >= 0.6 is 15.9 Å². The summed E-state index contributed by atoms with van der Waals surface area (Å²) in [5, 5.41) is 13.2. The van der Waals surface area contributed by atoms with E-state index in [1.54, 1.807) is 18.2 Å². The van der Waals surface area contributed by atoms with Crippen molar-refractivity contribution in [2.24, 2.45) is 0 Å². The Morgan fingerprint density at radius 2 is 2.06 bits per heavy atom. The van der Waals surface area contributed by atoms with Gasteiger partial charge in [0.1, 0.15) is 0 Å². The van der Waals surface area contributed by atoms with Crippen LogP contribution in [-0.4, -0.2) is 30.1 Å². The Hall–Kier alpha value is -1.40. The Kier molecular flexibility index (Phi) is 4.94. The Bertz CT molecular complexity index is 395. The zero-order chi connectivity index (χ0) is 12.0. The lowest BCUT2D eigenvalue weighted by Crippen LogP contribution is -2.36. The van der Waals surface area contributed by atoms with Gasteiger partial charge < -0.3 is 15.7 Å². The van der Waals surface area contributed by atoms with E-state index in [4.69, 9.17) is 5.11 Å². The number of anilines is 1. The van der Waals surface area contributed by atoms with Crippen LogP contribution < -0.4 is 10.6 Å². The van der Waals surface area contributed by atoms with Gasteiger partial charge in [0.25, 0.3) is 0 Å². The van der Waals surface area contributed by atoms with Gasteiger partial charge >= 0.3 is 11.8 Å². The van der Waals surface area contributed by atoms with Crippen LogP contribution in [0.2, 0.25) is 0 Å². The minimum absolute atomic E-state index is 0.0603. The van der Waals surface area contributed by atoms with Gasteiger partial charge in [-0.2, -0.15) is 0 Å². The van der Waals surface area contributed by atoms with Crippen molar-refractivity contribution in [3.63, 3.8) is 0 Å². The number of carbonyl (C=O) groups is 2. The molecule has 0 aliphatic carbocycles. The molecule has 0 unspecified atom stereocenters. The molecule has 5 nitrogen and oxygen atoms in total. The van der Waals surface area contributed by atoms with Gasteiger partial charge in [-0.15, -0.1) is 0 Å². The highest BCUT2D eigenvalue weighted by atomic mass is 79.9. The highest BCUT2D eigenvalue weighted by molar-refractivity contribution is 9.10. The largest absolute Gasteiger partial charge is 0.395 e. The van der Waals surface area contributed by atoms with E-state index < -0.39 is 11.8 Å². The molecule has 1 aromatic rings. The molecule has 0 bridgehead atoms. The van der Waals surface area contributed by atoms with Gasteiger partial charge in [0.05, 0.1) is 6.61 Å². The monoisotopic (exact) mass is 286 g/mol. The van der Waals surface area contributed by atoms with E-state index in [1.807, 2.05) is 6.07 Å². The van der Waals surface area contributed by atoms with Crippen molar-refractivity contribution in [3.8, 4) is 0 Å². The summed E-state index contributed by atoms with van der Waals surface area (Å²) in [4.78, 5) is 22.5. The number of nitrogens with one attached hydrogen (secondary N) is 2. The summed E-state index contributed by atoms with van der Waals surface area (Å²) < 4.78 is 0.807. The summed E-state index contributed by atoms with van der Waals surface area (Å²) in [5.41, 5.74) is 0.526. The maximum absolute atomic E-state index is 11.3. The van der Waals surface area contributed by atoms with Gasteiger partial charge in [0, 0.05) is 16.7 Å².